The molecule has 2 aliphatic heterocycles. The molecule has 4 rings (SSSR count). The molecule has 0 saturated carbocycles. The molecule has 1 unspecified atom stereocenters. The quantitative estimate of drug-likeness (QED) is 0.857. The van der Waals surface area contributed by atoms with Crippen LogP contribution in [0, 0.1) is 0 Å². The van der Waals surface area contributed by atoms with Gasteiger partial charge in [-0.15, -0.1) is 0 Å². The molecule has 0 bridgehead atoms. The number of amidine groups is 1. The average molecular weight is 351 g/mol. The van der Waals surface area contributed by atoms with Gasteiger partial charge in [-0.1, -0.05) is 24.3 Å². The first kappa shape index (κ1) is 16.6. The van der Waals surface area contributed by atoms with E-state index in [4.69, 9.17) is 9.73 Å². The minimum Gasteiger partial charge on any atom is -0.454 e. The molecule has 0 aliphatic carbocycles. The van der Waals surface area contributed by atoms with Crippen molar-refractivity contribution in [3.8, 4) is 11.5 Å². The molecule has 6 nitrogen and oxygen atoms in total. The monoisotopic (exact) mass is 351 g/mol. The molecule has 134 valence electrons. The summed E-state index contributed by atoms with van der Waals surface area (Å²) in [5, 5.41) is 9.52. The summed E-state index contributed by atoms with van der Waals surface area (Å²) in [6.45, 7) is 3.96. The molecule has 2 aliphatic rings. The van der Waals surface area contributed by atoms with E-state index in [1.54, 1.807) is 4.90 Å². The van der Waals surface area contributed by atoms with E-state index in [9.17, 15) is 9.90 Å². The van der Waals surface area contributed by atoms with Gasteiger partial charge in [-0.2, -0.15) is 0 Å². The van der Waals surface area contributed by atoms with Gasteiger partial charge in [0.05, 0.1) is 5.56 Å². The molecule has 1 N–H and O–H groups in total. The Morgan fingerprint density at radius 3 is 2.42 bits per heavy atom. The first-order chi connectivity index (χ1) is 12.6. The molecule has 1 amide bonds. The van der Waals surface area contributed by atoms with Crippen molar-refractivity contribution in [2.24, 2.45) is 4.99 Å². The van der Waals surface area contributed by atoms with Gasteiger partial charge in [0.15, 0.2) is 5.75 Å². The SMILES string of the molecule is CC(O)C(=O)N1CCN(C2=Nc3ccccc3Oc3ccccc32)CC1. The van der Waals surface area contributed by atoms with Crippen LogP contribution in [0.25, 0.3) is 0 Å². The number of amides is 1. The molecule has 1 fully saturated rings. The number of aliphatic hydroxyl groups is 1. The van der Waals surface area contributed by atoms with Crippen LogP contribution in [0.2, 0.25) is 0 Å². The molecular weight excluding hydrogens is 330 g/mol. The number of piperazine rings is 1. The fraction of sp³-hybridized carbons (Fsp3) is 0.300. The summed E-state index contributed by atoms with van der Waals surface area (Å²) in [6.07, 6.45) is -0.960. The Morgan fingerprint density at radius 2 is 1.69 bits per heavy atom. The fourth-order valence-electron chi connectivity index (χ4n) is 3.31. The van der Waals surface area contributed by atoms with Gasteiger partial charge >= 0.3 is 0 Å². The number of carbonyl (C=O) groups is 1. The third kappa shape index (κ3) is 3.04. The smallest absolute Gasteiger partial charge is 0.251 e. The molecule has 2 heterocycles. The van der Waals surface area contributed by atoms with Crippen molar-refractivity contribution < 1.29 is 14.6 Å². The first-order valence-corrected chi connectivity index (χ1v) is 8.80. The molecule has 0 radical (unpaired) electrons. The highest BCUT2D eigenvalue weighted by molar-refractivity contribution is 6.03. The van der Waals surface area contributed by atoms with Gasteiger partial charge in [-0.05, 0) is 31.2 Å². The van der Waals surface area contributed by atoms with Crippen LogP contribution in [0.5, 0.6) is 11.5 Å². The molecule has 26 heavy (non-hydrogen) atoms. The lowest BCUT2D eigenvalue weighted by atomic mass is 10.1. The Balaban J connectivity index is 1.65. The van der Waals surface area contributed by atoms with E-state index in [1.165, 1.54) is 6.92 Å². The van der Waals surface area contributed by atoms with Gasteiger partial charge in [0, 0.05) is 26.2 Å². The first-order valence-electron chi connectivity index (χ1n) is 8.80. The summed E-state index contributed by atoms with van der Waals surface area (Å²) in [4.78, 5) is 20.8. The number of hydrogen-bond acceptors (Lipinski definition) is 5. The van der Waals surface area contributed by atoms with Crippen LogP contribution in [-0.4, -0.2) is 58.9 Å². The van der Waals surface area contributed by atoms with E-state index < -0.39 is 6.10 Å². The van der Waals surface area contributed by atoms with E-state index in [1.807, 2.05) is 48.5 Å². The molecule has 0 spiro atoms. The number of aliphatic hydroxyl groups excluding tert-OH is 1. The van der Waals surface area contributed by atoms with Crippen LogP contribution < -0.4 is 4.74 Å². The zero-order chi connectivity index (χ0) is 18.1. The Labute approximate surface area is 152 Å². The van der Waals surface area contributed by atoms with Gasteiger partial charge in [0.25, 0.3) is 5.91 Å². The zero-order valence-corrected chi connectivity index (χ0v) is 14.6. The lowest BCUT2D eigenvalue weighted by Crippen LogP contribution is -2.52. The predicted molar refractivity (Wildman–Crippen MR) is 99.0 cm³/mol. The number of para-hydroxylation sites is 3. The lowest BCUT2D eigenvalue weighted by Gasteiger charge is -2.37. The minimum absolute atomic E-state index is 0.221. The fourth-order valence-corrected chi connectivity index (χ4v) is 3.31. The van der Waals surface area contributed by atoms with Crippen LogP contribution in [0.15, 0.2) is 53.5 Å². The van der Waals surface area contributed by atoms with Gasteiger partial charge in [0.1, 0.15) is 23.4 Å². The Bertz CT molecular complexity index is 855. The average Bonchev–Trinajstić information content (AvgIpc) is 2.84. The number of fused-ring (bicyclic) bond motifs is 2. The van der Waals surface area contributed by atoms with Crippen LogP contribution in [0.3, 0.4) is 0 Å². The Hall–Kier alpha value is -2.86. The van der Waals surface area contributed by atoms with Crippen molar-refractivity contribution in [2.75, 3.05) is 26.2 Å². The largest absolute Gasteiger partial charge is 0.454 e. The summed E-state index contributed by atoms with van der Waals surface area (Å²) in [5.41, 5.74) is 1.74. The molecule has 0 aromatic heterocycles. The van der Waals surface area contributed by atoms with Crippen LogP contribution in [0.1, 0.15) is 12.5 Å². The molecular formula is C20H21N3O3. The van der Waals surface area contributed by atoms with Gasteiger partial charge < -0.3 is 19.6 Å². The molecule has 2 aromatic carbocycles. The Kier molecular flexibility index (Phi) is 4.34. The van der Waals surface area contributed by atoms with E-state index in [-0.39, 0.29) is 5.91 Å². The van der Waals surface area contributed by atoms with Gasteiger partial charge in [0.2, 0.25) is 0 Å². The second-order valence-corrected chi connectivity index (χ2v) is 6.49. The number of hydrogen-bond donors (Lipinski definition) is 1. The highest BCUT2D eigenvalue weighted by Crippen LogP contribution is 2.37. The number of nitrogens with zero attached hydrogens (tertiary/aromatic N) is 3. The van der Waals surface area contributed by atoms with Crippen molar-refractivity contribution >= 4 is 17.4 Å². The maximum Gasteiger partial charge on any atom is 0.251 e. The van der Waals surface area contributed by atoms with Crippen molar-refractivity contribution in [2.45, 2.75) is 13.0 Å². The van der Waals surface area contributed by atoms with Gasteiger partial charge in [-0.3, -0.25) is 4.79 Å². The molecule has 1 atom stereocenters. The maximum absolute atomic E-state index is 12.0. The third-order valence-electron chi connectivity index (χ3n) is 4.69. The normalized spacial score (nSPS) is 17.4. The van der Waals surface area contributed by atoms with Crippen molar-refractivity contribution in [1.29, 1.82) is 0 Å². The lowest BCUT2D eigenvalue weighted by molar-refractivity contribution is -0.140. The summed E-state index contributed by atoms with van der Waals surface area (Å²) in [7, 11) is 0. The van der Waals surface area contributed by atoms with Gasteiger partial charge in [-0.25, -0.2) is 4.99 Å². The topological polar surface area (TPSA) is 65.4 Å². The molecule has 6 heteroatoms. The second kappa shape index (κ2) is 6.80. The molecule has 1 saturated heterocycles. The van der Waals surface area contributed by atoms with Crippen LogP contribution in [0.4, 0.5) is 5.69 Å². The predicted octanol–water partition coefficient (Wildman–Crippen LogP) is 2.40. The van der Waals surface area contributed by atoms with E-state index in [2.05, 4.69) is 4.90 Å². The summed E-state index contributed by atoms with van der Waals surface area (Å²) in [6, 6.07) is 15.6. The number of benzene rings is 2. The second-order valence-electron chi connectivity index (χ2n) is 6.49. The number of aliphatic imine (C=N–C) groups is 1. The summed E-state index contributed by atoms with van der Waals surface area (Å²) in [5.74, 6) is 2.15. The van der Waals surface area contributed by atoms with E-state index in [0.717, 1.165) is 28.6 Å². The number of ether oxygens (including phenoxy) is 1. The van der Waals surface area contributed by atoms with E-state index >= 15 is 0 Å². The maximum atomic E-state index is 12.0. The number of rotatable bonds is 1. The van der Waals surface area contributed by atoms with Crippen molar-refractivity contribution in [1.82, 2.24) is 9.80 Å². The standard InChI is InChI=1S/C20H21N3O3/c1-14(24)20(25)23-12-10-22(11-13-23)19-15-6-2-4-8-17(15)26-18-9-5-3-7-16(18)21-19/h2-9,14,24H,10-13H2,1H3. The molecule has 2 aromatic rings. The summed E-state index contributed by atoms with van der Waals surface area (Å²) >= 11 is 0. The highest BCUT2D eigenvalue weighted by atomic mass is 16.5. The van der Waals surface area contributed by atoms with Crippen molar-refractivity contribution in [3.63, 3.8) is 0 Å². The zero-order valence-electron chi connectivity index (χ0n) is 14.6. The number of carbonyl (C=O) groups excluding carboxylic acids is 1. The van der Waals surface area contributed by atoms with Crippen LogP contribution >= 0.6 is 0 Å². The summed E-state index contributed by atoms with van der Waals surface area (Å²) < 4.78 is 6.08. The Morgan fingerprint density at radius 1 is 1.04 bits per heavy atom. The van der Waals surface area contributed by atoms with Crippen molar-refractivity contribution in [3.05, 3.63) is 54.1 Å². The highest BCUT2D eigenvalue weighted by Gasteiger charge is 2.28. The van der Waals surface area contributed by atoms with E-state index in [0.29, 0.717) is 26.2 Å². The minimum atomic E-state index is -0.960. The van der Waals surface area contributed by atoms with Crippen LogP contribution in [-0.2, 0) is 4.79 Å². The third-order valence-corrected chi connectivity index (χ3v) is 4.69.